The molecule has 1 rings (SSSR count). The van der Waals surface area contributed by atoms with E-state index in [1.807, 2.05) is 19.2 Å². The Hall–Kier alpha value is -1.17. The molecule has 0 aliphatic carbocycles. The SMILES string of the molecule is CCOc1cncc(C(NN)C(C)(CC)N(C)C)c1. The predicted octanol–water partition coefficient (Wildman–Crippen LogP) is 1.71. The number of hydrazine groups is 1. The molecule has 1 aromatic rings. The lowest BCUT2D eigenvalue weighted by Gasteiger charge is -2.42. The number of likely N-dealkylation sites (N-methyl/N-ethyl adjacent to an activating group) is 1. The van der Waals surface area contributed by atoms with Crippen molar-refractivity contribution in [1.29, 1.82) is 0 Å². The van der Waals surface area contributed by atoms with Gasteiger partial charge >= 0.3 is 0 Å². The van der Waals surface area contributed by atoms with Gasteiger partial charge in [-0.3, -0.25) is 16.3 Å². The quantitative estimate of drug-likeness (QED) is 0.581. The van der Waals surface area contributed by atoms with Gasteiger partial charge in [0.1, 0.15) is 5.75 Å². The average molecular weight is 266 g/mol. The number of nitrogens with zero attached hydrogens (tertiary/aromatic N) is 2. The van der Waals surface area contributed by atoms with E-state index >= 15 is 0 Å². The first-order valence-corrected chi connectivity index (χ1v) is 6.70. The van der Waals surface area contributed by atoms with Gasteiger partial charge in [-0.25, -0.2) is 0 Å². The fourth-order valence-electron chi connectivity index (χ4n) is 2.25. The van der Waals surface area contributed by atoms with Crippen LogP contribution in [-0.4, -0.2) is 36.1 Å². The summed E-state index contributed by atoms with van der Waals surface area (Å²) in [6.45, 7) is 6.93. The molecule has 0 bridgehead atoms. The summed E-state index contributed by atoms with van der Waals surface area (Å²) in [5, 5.41) is 0. The molecule has 3 N–H and O–H groups in total. The molecule has 0 saturated carbocycles. The van der Waals surface area contributed by atoms with Crippen LogP contribution in [0.15, 0.2) is 18.5 Å². The number of rotatable bonds is 7. The van der Waals surface area contributed by atoms with Crippen LogP contribution in [0, 0.1) is 0 Å². The lowest BCUT2D eigenvalue weighted by atomic mass is 9.84. The lowest BCUT2D eigenvalue weighted by Crippen LogP contribution is -2.53. The minimum atomic E-state index is -0.0960. The van der Waals surface area contributed by atoms with Gasteiger partial charge in [-0.05, 0) is 46.0 Å². The Bertz CT molecular complexity index is 397. The van der Waals surface area contributed by atoms with E-state index in [-0.39, 0.29) is 11.6 Å². The Balaban J connectivity index is 3.11. The largest absolute Gasteiger partial charge is 0.492 e. The van der Waals surface area contributed by atoms with Gasteiger partial charge in [0.25, 0.3) is 0 Å². The van der Waals surface area contributed by atoms with Crippen LogP contribution < -0.4 is 16.0 Å². The van der Waals surface area contributed by atoms with Gasteiger partial charge < -0.3 is 9.64 Å². The van der Waals surface area contributed by atoms with Crippen molar-refractivity contribution in [1.82, 2.24) is 15.3 Å². The summed E-state index contributed by atoms with van der Waals surface area (Å²) in [6, 6.07) is 1.98. The molecule has 0 saturated heterocycles. The fraction of sp³-hybridized carbons (Fsp3) is 0.643. The van der Waals surface area contributed by atoms with E-state index in [1.54, 1.807) is 6.20 Å². The predicted molar refractivity (Wildman–Crippen MR) is 77.9 cm³/mol. The molecule has 2 unspecified atom stereocenters. The van der Waals surface area contributed by atoms with Crippen LogP contribution in [0.4, 0.5) is 0 Å². The normalized spacial score (nSPS) is 16.2. The van der Waals surface area contributed by atoms with Crippen molar-refractivity contribution in [2.75, 3.05) is 20.7 Å². The summed E-state index contributed by atoms with van der Waals surface area (Å²) in [4.78, 5) is 6.43. The molecular formula is C14H26N4O. The monoisotopic (exact) mass is 266 g/mol. The number of ether oxygens (including phenoxy) is 1. The summed E-state index contributed by atoms with van der Waals surface area (Å²) in [7, 11) is 4.13. The Labute approximate surface area is 116 Å². The topological polar surface area (TPSA) is 63.4 Å². The minimum Gasteiger partial charge on any atom is -0.492 e. The highest BCUT2D eigenvalue weighted by Crippen LogP contribution is 2.32. The number of hydrogen-bond donors (Lipinski definition) is 2. The van der Waals surface area contributed by atoms with Crippen LogP contribution in [0.25, 0.3) is 0 Å². The molecule has 0 aliphatic heterocycles. The molecule has 0 amide bonds. The van der Waals surface area contributed by atoms with Crippen molar-refractivity contribution in [2.24, 2.45) is 5.84 Å². The minimum absolute atomic E-state index is 0.0135. The third kappa shape index (κ3) is 3.43. The van der Waals surface area contributed by atoms with Gasteiger partial charge in [-0.15, -0.1) is 0 Å². The van der Waals surface area contributed by atoms with Gasteiger partial charge in [0, 0.05) is 11.7 Å². The molecule has 0 radical (unpaired) electrons. The zero-order valence-electron chi connectivity index (χ0n) is 12.6. The van der Waals surface area contributed by atoms with Crippen LogP contribution in [0.5, 0.6) is 5.75 Å². The van der Waals surface area contributed by atoms with Crippen molar-refractivity contribution in [3.8, 4) is 5.75 Å². The smallest absolute Gasteiger partial charge is 0.137 e. The van der Waals surface area contributed by atoms with E-state index in [0.717, 1.165) is 17.7 Å². The molecule has 0 aliphatic rings. The Morgan fingerprint density at radius 1 is 1.42 bits per heavy atom. The van der Waals surface area contributed by atoms with E-state index in [9.17, 15) is 0 Å². The molecule has 0 fully saturated rings. The van der Waals surface area contributed by atoms with Crippen LogP contribution in [0.1, 0.15) is 38.8 Å². The second-order valence-corrected chi connectivity index (χ2v) is 5.09. The molecule has 108 valence electrons. The second kappa shape index (κ2) is 6.84. The van der Waals surface area contributed by atoms with E-state index in [0.29, 0.717) is 6.61 Å². The number of aromatic nitrogens is 1. The van der Waals surface area contributed by atoms with Crippen molar-refractivity contribution in [3.05, 3.63) is 24.0 Å². The van der Waals surface area contributed by atoms with Crippen LogP contribution in [0.2, 0.25) is 0 Å². The molecule has 0 spiro atoms. The first-order chi connectivity index (χ1) is 8.99. The van der Waals surface area contributed by atoms with E-state index in [2.05, 4.69) is 43.3 Å². The molecule has 1 heterocycles. The van der Waals surface area contributed by atoms with Crippen LogP contribution in [-0.2, 0) is 0 Å². The Morgan fingerprint density at radius 3 is 2.58 bits per heavy atom. The standard InChI is InChI=1S/C14H26N4O/c1-6-14(3,18(4)5)13(17-15)11-8-12(19-7-2)10-16-9-11/h8-10,13,17H,6-7,15H2,1-5H3. The van der Waals surface area contributed by atoms with E-state index in [4.69, 9.17) is 10.6 Å². The van der Waals surface area contributed by atoms with Gasteiger partial charge in [0.15, 0.2) is 0 Å². The van der Waals surface area contributed by atoms with E-state index < -0.39 is 0 Å². The zero-order chi connectivity index (χ0) is 14.5. The molecule has 5 nitrogen and oxygen atoms in total. The van der Waals surface area contributed by atoms with Gasteiger partial charge in [-0.2, -0.15) is 0 Å². The third-order valence-electron chi connectivity index (χ3n) is 3.90. The maximum absolute atomic E-state index is 5.78. The highest BCUT2D eigenvalue weighted by Gasteiger charge is 2.35. The molecule has 5 heteroatoms. The Morgan fingerprint density at radius 2 is 2.11 bits per heavy atom. The number of hydrogen-bond acceptors (Lipinski definition) is 5. The molecule has 2 atom stereocenters. The van der Waals surface area contributed by atoms with Crippen molar-refractivity contribution < 1.29 is 4.74 Å². The summed E-state index contributed by atoms with van der Waals surface area (Å²) in [5.41, 5.74) is 3.86. The van der Waals surface area contributed by atoms with Crippen molar-refractivity contribution >= 4 is 0 Å². The number of nitrogens with one attached hydrogen (secondary N) is 1. The van der Waals surface area contributed by atoms with Gasteiger partial charge in [0.2, 0.25) is 0 Å². The van der Waals surface area contributed by atoms with Crippen molar-refractivity contribution in [2.45, 2.75) is 38.8 Å². The third-order valence-corrected chi connectivity index (χ3v) is 3.90. The maximum Gasteiger partial charge on any atom is 0.137 e. The summed E-state index contributed by atoms with van der Waals surface area (Å²) in [5.74, 6) is 6.56. The van der Waals surface area contributed by atoms with Gasteiger partial charge in [0.05, 0.1) is 18.8 Å². The van der Waals surface area contributed by atoms with Crippen LogP contribution in [0.3, 0.4) is 0 Å². The van der Waals surface area contributed by atoms with E-state index in [1.165, 1.54) is 0 Å². The molecular weight excluding hydrogens is 240 g/mol. The molecule has 0 aromatic carbocycles. The zero-order valence-corrected chi connectivity index (χ0v) is 12.6. The Kier molecular flexibility index (Phi) is 5.72. The number of pyridine rings is 1. The maximum atomic E-state index is 5.78. The first-order valence-electron chi connectivity index (χ1n) is 6.70. The summed E-state index contributed by atoms with van der Waals surface area (Å²) >= 11 is 0. The summed E-state index contributed by atoms with van der Waals surface area (Å²) < 4.78 is 5.50. The highest BCUT2D eigenvalue weighted by molar-refractivity contribution is 5.28. The van der Waals surface area contributed by atoms with Gasteiger partial charge in [-0.1, -0.05) is 6.92 Å². The first kappa shape index (κ1) is 15.9. The molecule has 1 aromatic heterocycles. The lowest BCUT2D eigenvalue weighted by molar-refractivity contribution is 0.112. The summed E-state index contributed by atoms with van der Waals surface area (Å²) in [6.07, 6.45) is 4.53. The second-order valence-electron chi connectivity index (χ2n) is 5.09. The number of nitrogens with two attached hydrogens (primary N) is 1. The average Bonchev–Trinajstić information content (AvgIpc) is 2.40. The van der Waals surface area contributed by atoms with Crippen molar-refractivity contribution in [3.63, 3.8) is 0 Å². The molecule has 19 heavy (non-hydrogen) atoms. The highest BCUT2D eigenvalue weighted by atomic mass is 16.5. The fourth-order valence-corrected chi connectivity index (χ4v) is 2.25. The van der Waals surface area contributed by atoms with Crippen LogP contribution >= 0.6 is 0 Å².